The van der Waals surface area contributed by atoms with Gasteiger partial charge < -0.3 is 25.8 Å². The molecule has 3 N–H and O–H groups in total. The van der Waals surface area contributed by atoms with Gasteiger partial charge in [0.15, 0.2) is 0 Å². The molecule has 1 saturated heterocycles. The van der Waals surface area contributed by atoms with E-state index >= 15 is 0 Å². The molecule has 0 radical (unpaired) electrons. The van der Waals surface area contributed by atoms with Crippen molar-refractivity contribution in [2.24, 2.45) is 0 Å². The fourth-order valence-electron chi connectivity index (χ4n) is 4.22. The molecule has 1 fully saturated rings. The summed E-state index contributed by atoms with van der Waals surface area (Å²) in [7, 11) is 1.95. The molecule has 1 aromatic carbocycles. The van der Waals surface area contributed by atoms with Crippen molar-refractivity contribution in [1.29, 1.82) is 0 Å². The van der Waals surface area contributed by atoms with E-state index in [0.717, 1.165) is 18.3 Å². The average Bonchev–Trinajstić information content (AvgIpc) is 2.93. The van der Waals surface area contributed by atoms with E-state index in [2.05, 4.69) is 20.5 Å². The average molecular weight is 577 g/mol. The van der Waals surface area contributed by atoms with Gasteiger partial charge in [-0.1, -0.05) is 13.0 Å². The number of piperazine rings is 1. The summed E-state index contributed by atoms with van der Waals surface area (Å²) in [6.45, 7) is 6.81. The predicted molar refractivity (Wildman–Crippen MR) is 146 cm³/mol. The molecule has 1 aliphatic heterocycles. The maximum Gasteiger partial charge on any atom is 0.351 e. The monoisotopic (exact) mass is 576 g/mol. The van der Waals surface area contributed by atoms with Crippen molar-refractivity contribution < 1.29 is 32.3 Å². The van der Waals surface area contributed by atoms with Crippen LogP contribution in [0.2, 0.25) is 0 Å². The van der Waals surface area contributed by atoms with Gasteiger partial charge in [0, 0.05) is 57.0 Å². The number of likely N-dealkylation sites (N-methyl/N-ethyl adjacent to an activating group) is 1. The number of alkyl halides is 2. The second-order valence-electron chi connectivity index (χ2n) is 10.1. The lowest BCUT2D eigenvalue weighted by molar-refractivity contribution is -0.148. The number of hydrogen-bond acceptors (Lipinski definition) is 6. The second kappa shape index (κ2) is 13.6. The Labute approximate surface area is 236 Å². The van der Waals surface area contributed by atoms with Gasteiger partial charge in [-0.2, -0.15) is 8.78 Å². The maximum absolute atomic E-state index is 14.9. The first-order valence-electron chi connectivity index (χ1n) is 13.3. The molecule has 2 heterocycles. The molecule has 4 amide bonds. The highest BCUT2D eigenvalue weighted by Crippen LogP contribution is 2.28. The lowest BCUT2D eigenvalue weighted by atomic mass is 10.0. The Morgan fingerprint density at radius 1 is 1.05 bits per heavy atom. The van der Waals surface area contributed by atoms with Crippen molar-refractivity contribution in [1.82, 2.24) is 25.4 Å². The van der Waals surface area contributed by atoms with E-state index in [9.17, 15) is 32.3 Å². The Kier molecular flexibility index (Phi) is 10.4. The number of nitrogens with zero attached hydrogens (tertiary/aromatic N) is 3. The summed E-state index contributed by atoms with van der Waals surface area (Å²) in [5.41, 5.74) is -0.0302. The van der Waals surface area contributed by atoms with Gasteiger partial charge in [-0.05, 0) is 50.2 Å². The molecular weight excluding hydrogens is 541 g/mol. The molecule has 13 heteroatoms. The number of amides is 4. The molecule has 222 valence electrons. The van der Waals surface area contributed by atoms with Crippen LogP contribution >= 0.6 is 0 Å². The third kappa shape index (κ3) is 8.26. The molecule has 0 spiro atoms. The van der Waals surface area contributed by atoms with Crippen LogP contribution in [-0.4, -0.2) is 83.7 Å². The summed E-state index contributed by atoms with van der Waals surface area (Å²) in [5.74, 6) is -7.97. The topological polar surface area (TPSA) is 124 Å². The Hall–Kier alpha value is -4.00. The zero-order valence-electron chi connectivity index (χ0n) is 23.5. The number of nitrogens with one attached hydrogen (secondary N) is 3. The fraction of sp³-hybridized carbons (Fsp3) is 0.464. The third-order valence-corrected chi connectivity index (χ3v) is 6.76. The van der Waals surface area contributed by atoms with Gasteiger partial charge in [0.1, 0.15) is 17.9 Å². The van der Waals surface area contributed by atoms with Gasteiger partial charge in [-0.15, -0.1) is 0 Å². The fourth-order valence-corrected chi connectivity index (χ4v) is 4.22. The molecule has 2 aromatic rings. The molecular formula is C28H35F3N6O4. The minimum Gasteiger partial charge on any atom is -0.344 e. The first-order chi connectivity index (χ1) is 19.3. The van der Waals surface area contributed by atoms with Crippen LogP contribution in [0.15, 0.2) is 36.7 Å². The molecule has 1 aliphatic rings. The van der Waals surface area contributed by atoms with Gasteiger partial charge in [0.25, 0.3) is 5.91 Å². The molecule has 0 unspecified atom stereocenters. The van der Waals surface area contributed by atoms with Crippen LogP contribution in [0.5, 0.6) is 0 Å². The molecule has 3 rings (SSSR count). The number of carbonyl (C=O) groups excluding carboxylic acids is 4. The SMILES string of the molecule is CCC(=O)N[C@H](Cc1ccc(NC(=O)[C@H](C)NC(=O)C(F)(F)c2cncc(C)c2)c(F)c1)C(=O)N1CCN(C)CC1. The third-order valence-electron chi connectivity index (χ3n) is 6.76. The Morgan fingerprint density at radius 2 is 1.73 bits per heavy atom. The van der Waals surface area contributed by atoms with Gasteiger partial charge in [0.2, 0.25) is 17.7 Å². The number of pyridine rings is 1. The first-order valence-corrected chi connectivity index (χ1v) is 13.3. The molecule has 0 saturated carbocycles. The van der Waals surface area contributed by atoms with E-state index in [-0.39, 0.29) is 30.3 Å². The van der Waals surface area contributed by atoms with E-state index in [1.807, 2.05) is 12.4 Å². The highest BCUT2D eigenvalue weighted by Gasteiger charge is 2.42. The van der Waals surface area contributed by atoms with Gasteiger partial charge in [0.05, 0.1) is 5.69 Å². The number of carbonyl (C=O) groups is 4. The summed E-state index contributed by atoms with van der Waals surface area (Å²) in [6.07, 6.45) is 2.43. The van der Waals surface area contributed by atoms with Crippen LogP contribution in [0.25, 0.3) is 0 Å². The van der Waals surface area contributed by atoms with E-state index in [1.54, 1.807) is 18.7 Å². The van der Waals surface area contributed by atoms with Crippen LogP contribution in [0.1, 0.15) is 37.0 Å². The van der Waals surface area contributed by atoms with Crippen molar-refractivity contribution >= 4 is 29.3 Å². The molecule has 2 atom stereocenters. The Balaban J connectivity index is 1.65. The molecule has 0 bridgehead atoms. The van der Waals surface area contributed by atoms with E-state index in [0.29, 0.717) is 37.3 Å². The zero-order valence-corrected chi connectivity index (χ0v) is 23.5. The van der Waals surface area contributed by atoms with Gasteiger partial charge in [-0.25, -0.2) is 4.39 Å². The highest BCUT2D eigenvalue weighted by atomic mass is 19.3. The van der Waals surface area contributed by atoms with Crippen LogP contribution < -0.4 is 16.0 Å². The highest BCUT2D eigenvalue weighted by molar-refractivity contribution is 5.98. The molecule has 41 heavy (non-hydrogen) atoms. The molecule has 10 nitrogen and oxygen atoms in total. The van der Waals surface area contributed by atoms with Gasteiger partial charge >= 0.3 is 5.92 Å². The van der Waals surface area contributed by atoms with Crippen molar-refractivity contribution in [3.63, 3.8) is 0 Å². The Morgan fingerprint density at radius 3 is 2.34 bits per heavy atom. The minimum atomic E-state index is -3.94. The predicted octanol–water partition coefficient (Wildman–Crippen LogP) is 1.98. The number of rotatable bonds is 10. The Bertz CT molecular complexity index is 1280. The molecule has 1 aromatic heterocycles. The normalized spacial score (nSPS) is 15.5. The van der Waals surface area contributed by atoms with Crippen LogP contribution in [-0.2, 0) is 31.5 Å². The van der Waals surface area contributed by atoms with Crippen molar-refractivity contribution in [2.45, 2.75) is 51.6 Å². The number of halogens is 3. The summed E-state index contributed by atoms with van der Waals surface area (Å²) in [5, 5.41) is 6.94. The summed E-state index contributed by atoms with van der Waals surface area (Å²) in [6, 6.07) is 2.68. The van der Waals surface area contributed by atoms with Crippen molar-refractivity contribution in [2.75, 3.05) is 38.5 Å². The largest absolute Gasteiger partial charge is 0.351 e. The lowest BCUT2D eigenvalue weighted by Crippen LogP contribution is -2.54. The van der Waals surface area contributed by atoms with E-state index in [4.69, 9.17) is 0 Å². The van der Waals surface area contributed by atoms with Crippen LogP contribution in [0, 0.1) is 12.7 Å². The number of anilines is 1. The van der Waals surface area contributed by atoms with Crippen LogP contribution in [0.4, 0.5) is 18.9 Å². The smallest absolute Gasteiger partial charge is 0.344 e. The van der Waals surface area contributed by atoms with E-state index in [1.165, 1.54) is 25.3 Å². The number of aromatic nitrogens is 1. The van der Waals surface area contributed by atoms with E-state index < -0.39 is 41.2 Å². The first kappa shape index (κ1) is 31.5. The number of benzene rings is 1. The van der Waals surface area contributed by atoms with Gasteiger partial charge in [-0.3, -0.25) is 24.2 Å². The van der Waals surface area contributed by atoms with Crippen molar-refractivity contribution in [3.8, 4) is 0 Å². The zero-order chi connectivity index (χ0) is 30.3. The van der Waals surface area contributed by atoms with Crippen molar-refractivity contribution in [3.05, 3.63) is 59.2 Å². The minimum absolute atomic E-state index is 0.0252. The summed E-state index contributed by atoms with van der Waals surface area (Å²) in [4.78, 5) is 57.5. The quantitative estimate of drug-likeness (QED) is 0.398. The second-order valence-corrected chi connectivity index (χ2v) is 10.1. The summed E-state index contributed by atoms with van der Waals surface area (Å²) >= 11 is 0. The number of hydrogen-bond donors (Lipinski definition) is 3. The lowest BCUT2D eigenvalue weighted by Gasteiger charge is -2.34. The molecule has 0 aliphatic carbocycles. The van der Waals surface area contributed by atoms with Crippen LogP contribution in [0.3, 0.4) is 0 Å². The standard InChI is InChI=1S/C28H35F3N6O4/c1-5-24(38)34-23(26(40)37-10-8-36(4)9-11-37)14-19-6-7-22(21(29)13-19)35-25(39)18(3)33-27(41)28(30,31)20-12-17(2)15-32-16-20/h6-7,12-13,15-16,18,23H,5,8-11,14H2,1-4H3,(H,33,41)(H,34,38)(H,35,39)/t18-,23+/m0/s1. The summed E-state index contributed by atoms with van der Waals surface area (Å²) < 4.78 is 44.1. The maximum atomic E-state index is 14.9. The number of aryl methyl sites for hydroxylation is 1.